The number of amides is 2. The van der Waals surface area contributed by atoms with Crippen LogP contribution in [0.3, 0.4) is 0 Å². The van der Waals surface area contributed by atoms with E-state index in [0.717, 1.165) is 22.9 Å². The lowest BCUT2D eigenvalue weighted by atomic mass is 10.2. The summed E-state index contributed by atoms with van der Waals surface area (Å²) in [5.41, 5.74) is 1.56. The average Bonchev–Trinajstić information content (AvgIpc) is 3.16. The molecule has 0 aromatic heterocycles. The smallest absolute Gasteiger partial charge is 0.326 e. The van der Waals surface area contributed by atoms with Crippen LogP contribution in [0.25, 0.3) is 0 Å². The Morgan fingerprint density at radius 3 is 2.68 bits per heavy atom. The fraction of sp³-hybridized carbons (Fsp3) is 0.385. The van der Waals surface area contributed by atoms with Crippen molar-refractivity contribution in [2.45, 2.75) is 25.8 Å². The molecule has 1 atom stereocenters. The van der Waals surface area contributed by atoms with Gasteiger partial charge in [-0.2, -0.15) is 0 Å². The summed E-state index contributed by atoms with van der Waals surface area (Å²) in [7, 11) is 0. The Morgan fingerprint density at radius 1 is 1.42 bits per heavy atom. The van der Waals surface area contributed by atoms with Crippen molar-refractivity contribution in [1.29, 1.82) is 0 Å². The Labute approximate surface area is 119 Å². The molecule has 0 aliphatic heterocycles. The van der Waals surface area contributed by atoms with Crippen LogP contribution in [-0.2, 0) is 4.79 Å². The van der Waals surface area contributed by atoms with Crippen molar-refractivity contribution in [3.8, 4) is 0 Å². The van der Waals surface area contributed by atoms with Gasteiger partial charge in [0.05, 0.1) is 0 Å². The molecular weight excluding hydrogens is 312 g/mol. The lowest BCUT2D eigenvalue weighted by Gasteiger charge is -2.15. The maximum atomic E-state index is 11.8. The fourth-order valence-corrected chi connectivity index (χ4v) is 2.22. The zero-order chi connectivity index (χ0) is 14.0. The molecule has 1 fully saturated rings. The van der Waals surface area contributed by atoms with Crippen molar-refractivity contribution in [1.82, 2.24) is 5.32 Å². The number of carbonyl (C=O) groups excluding carboxylic acids is 1. The minimum absolute atomic E-state index is 0.0619. The normalized spacial score (nSPS) is 15.7. The second-order valence-electron chi connectivity index (χ2n) is 4.66. The molecule has 0 radical (unpaired) electrons. The fourth-order valence-electron chi connectivity index (χ4n) is 1.85. The molecule has 1 unspecified atom stereocenters. The Balaban J connectivity index is 2.00. The molecule has 5 nitrogen and oxygen atoms in total. The minimum atomic E-state index is -0.983. The number of halogens is 1. The molecule has 6 heteroatoms. The van der Waals surface area contributed by atoms with Crippen LogP contribution in [0.1, 0.15) is 18.4 Å². The highest BCUT2D eigenvalue weighted by Crippen LogP contribution is 2.32. The molecule has 1 aliphatic carbocycles. The van der Waals surface area contributed by atoms with Gasteiger partial charge in [0, 0.05) is 10.2 Å². The molecular formula is C13H15BrN2O3. The zero-order valence-electron chi connectivity index (χ0n) is 10.4. The summed E-state index contributed by atoms with van der Waals surface area (Å²) < 4.78 is 0.891. The summed E-state index contributed by atoms with van der Waals surface area (Å²) in [5, 5.41) is 14.2. The summed E-state index contributed by atoms with van der Waals surface area (Å²) in [4.78, 5) is 22.9. The molecule has 0 heterocycles. The lowest BCUT2D eigenvalue weighted by Crippen LogP contribution is -2.44. The van der Waals surface area contributed by atoms with E-state index in [0.29, 0.717) is 5.69 Å². The van der Waals surface area contributed by atoms with Crippen LogP contribution in [0, 0.1) is 12.8 Å². The van der Waals surface area contributed by atoms with Crippen molar-refractivity contribution < 1.29 is 14.7 Å². The molecule has 3 N–H and O–H groups in total. The summed E-state index contributed by atoms with van der Waals surface area (Å²) in [6, 6.07) is 4.17. The first-order valence-corrected chi connectivity index (χ1v) is 6.84. The summed E-state index contributed by atoms with van der Waals surface area (Å²) >= 11 is 3.38. The maximum Gasteiger partial charge on any atom is 0.326 e. The van der Waals surface area contributed by atoms with E-state index in [1.165, 1.54) is 0 Å². The highest BCUT2D eigenvalue weighted by Gasteiger charge is 2.37. The molecule has 0 spiro atoms. The molecule has 0 saturated heterocycles. The Morgan fingerprint density at radius 2 is 2.11 bits per heavy atom. The number of nitrogens with one attached hydrogen (secondary N) is 2. The third-order valence-corrected chi connectivity index (χ3v) is 4.02. The number of hydrogen-bond acceptors (Lipinski definition) is 2. The number of hydrogen-bond donors (Lipinski definition) is 3. The van der Waals surface area contributed by atoms with Gasteiger partial charge in [-0.1, -0.05) is 22.0 Å². The predicted octanol–water partition coefficient (Wildman–Crippen LogP) is 2.74. The Kier molecular flexibility index (Phi) is 4.09. The Bertz CT molecular complexity index is 515. The van der Waals surface area contributed by atoms with Gasteiger partial charge < -0.3 is 15.7 Å². The van der Waals surface area contributed by atoms with Gasteiger partial charge in [0.15, 0.2) is 0 Å². The first kappa shape index (κ1) is 13.9. The van der Waals surface area contributed by atoms with Crippen molar-refractivity contribution >= 4 is 33.6 Å². The molecule has 2 rings (SSSR count). The van der Waals surface area contributed by atoms with Crippen LogP contribution < -0.4 is 10.6 Å². The number of carboxylic acid groups (broad SMARTS) is 1. The van der Waals surface area contributed by atoms with Gasteiger partial charge in [0.25, 0.3) is 0 Å². The summed E-state index contributed by atoms with van der Waals surface area (Å²) in [5.74, 6) is -0.921. The van der Waals surface area contributed by atoms with Crippen LogP contribution in [0.4, 0.5) is 10.5 Å². The number of anilines is 1. The van der Waals surface area contributed by atoms with Crippen LogP contribution in [0.15, 0.2) is 22.7 Å². The van der Waals surface area contributed by atoms with Gasteiger partial charge in [-0.3, -0.25) is 0 Å². The van der Waals surface area contributed by atoms with Crippen LogP contribution in [0.5, 0.6) is 0 Å². The topological polar surface area (TPSA) is 78.4 Å². The third-order valence-electron chi connectivity index (χ3n) is 3.16. The first-order valence-electron chi connectivity index (χ1n) is 6.04. The molecule has 1 aromatic carbocycles. The standard InChI is InChI=1S/C13H15BrN2O3/c1-7-9(14)3-2-4-10(7)15-13(19)16-11(12(17)18)8-5-6-8/h2-4,8,11H,5-6H2,1H3,(H,17,18)(H2,15,16,19). The average molecular weight is 327 g/mol. The van der Waals surface area contributed by atoms with Crippen molar-refractivity contribution in [3.63, 3.8) is 0 Å². The monoisotopic (exact) mass is 326 g/mol. The van der Waals surface area contributed by atoms with E-state index in [1.807, 2.05) is 19.1 Å². The number of aliphatic carboxylic acids is 1. The van der Waals surface area contributed by atoms with E-state index < -0.39 is 18.0 Å². The molecule has 0 bridgehead atoms. The summed E-state index contributed by atoms with van der Waals surface area (Å²) in [6.07, 6.45) is 1.71. The number of carboxylic acids is 1. The highest BCUT2D eigenvalue weighted by atomic mass is 79.9. The van der Waals surface area contributed by atoms with E-state index in [4.69, 9.17) is 5.11 Å². The second-order valence-corrected chi connectivity index (χ2v) is 5.52. The van der Waals surface area contributed by atoms with Gasteiger partial charge >= 0.3 is 12.0 Å². The number of urea groups is 1. The number of carbonyl (C=O) groups is 2. The van der Waals surface area contributed by atoms with E-state index >= 15 is 0 Å². The molecule has 1 aliphatic rings. The van der Waals surface area contributed by atoms with E-state index in [-0.39, 0.29) is 5.92 Å². The highest BCUT2D eigenvalue weighted by molar-refractivity contribution is 9.10. The van der Waals surface area contributed by atoms with E-state index in [2.05, 4.69) is 26.6 Å². The van der Waals surface area contributed by atoms with Crippen LogP contribution in [0.2, 0.25) is 0 Å². The van der Waals surface area contributed by atoms with Gasteiger partial charge in [-0.05, 0) is 43.4 Å². The largest absolute Gasteiger partial charge is 0.480 e. The quantitative estimate of drug-likeness (QED) is 0.796. The second kappa shape index (κ2) is 5.61. The first-order chi connectivity index (χ1) is 8.99. The van der Waals surface area contributed by atoms with E-state index in [1.54, 1.807) is 6.07 Å². The molecule has 1 saturated carbocycles. The van der Waals surface area contributed by atoms with Gasteiger partial charge in [0.2, 0.25) is 0 Å². The number of rotatable bonds is 4. The maximum absolute atomic E-state index is 11.8. The molecule has 102 valence electrons. The van der Waals surface area contributed by atoms with Crippen molar-refractivity contribution in [2.75, 3.05) is 5.32 Å². The predicted molar refractivity (Wildman–Crippen MR) is 75.2 cm³/mol. The molecule has 2 amide bonds. The van der Waals surface area contributed by atoms with E-state index in [9.17, 15) is 9.59 Å². The SMILES string of the molecule is Cc1c(Br)cccc1NC(=O)NC(C(=O)O)C1CC1. The van der Waals surface area contributed by atoms with Crippen molar-refractivity contribution in [2.24, 2.45) is 5.92 Å². The van der Waals surface area contributed by atoms with Crippen LogP contribution in [-0.4, -0.2) is 23.1 Å². The molecule has 19 heavy (non-hydrogen) atoms. The third kappa shape index (κ3) is 3.47. The van der Waals surface area contributed by atoms with Gasteiger partial charge in [-0.25, -0.2) is 9.59 Å². The van der Waals surface area contributed by atoms with Crippen molar-refractivity contribution in [3.05, 3.63) is 28.2 Å². The Hall–Kier alpha value is -1.56. The number of benzene rings is 1. The van der Waals surface area contributed by atoms with Gasteiger partial charge in [0.1, 0.15) is 6.04 Å². The minimum Gasteiger partial charge on any atom is -0.480 e. The molecule has 1 aromatic rings. The summed E-state index contributed by atoms with van der Waals surface area (Å²) in [6.45, 7) is 1.87. The zero-order valence-corrected chi connectivity index (χ0v) is 12.0. The van der Waals surface area contributed by atoms with Gasteiger partial charge in [-0.15, -0.1) is 0 Å². The van der Waals surface area contributed by atoms with Crippen LogP contribution >= 0.6 is 15.9 Å². The lowest BCUT2D eigenvalue weighted by molar-refractivity contribution is -0.139.